The maximum atomic E-state index is 5.78. The molecule has 2 aromatic heterocycles. The molecule has 2 atom stereocenters. The topological polar surface area (TPSA) is 62.1 Å². The van der Waals surface area contributed by atoms with Crippen LogP contribution in [-0.2, 0) is 9.47 Å². The summed E-state index contributed by atoms with van der Waals surface area (Å²) in [6, 6.07) is 0. The molecule has 0 N–H and O–H groups in total. The highest BCUT2D eigenvalue weighted by Gasteiger charge is 2.28. The quantitative estimate of drug-likeness (QED) is 0.809. The fourth-order valence-corrected chi connectivity index (χ4v) is 2.37. The lowest BCUT2D eigenvalue weighted by Gasteiger charge is -2.14. The Bertz CT molecular complexity index is 581. The van der Waals surface area contributed by atoms with Gasteiger partial charge >= 0.3 is 0 Å². The molecular formula is C12H16N4O2. The first-order valence-corrected chi connectivity index (χ1v) is 6.05. The molecule has 96 valence electrons. The van der Waals surface area contributed by atoms with Gasteiger partial charge in [-0.15, -0.1) is 0 Å². The lowest BCUT2D eigenvalue weighted by atomic mass is 10.3. The van der Waals surface area contributed by atoms with E-state index in [1.807, 2.05) is 18.4 Å². The molecule has 18 heavy (non-hydrogen) atoms. The first-order chi connectivity index (χ1) is 8.69. The van der Waals surface area contributed by atoms with Crippen molar-refractivity contribution in [3.8, 4) is 0 Å². The normalized spacial score (nSPS) is 23.9. The van der Waals surface area contributed by atoms with Crippen LogP contribution in [0.25, 0.3) is 11.2 Å². The van der Waals surface area contributed by atoms with Gasteiger partial charge in [-0.3, -0.25) is 4.57 Å². The second-order valence-electron chi connectivity index (χ2n) is 4.51. The number of imidazole rings is 1. The molecule has 0 spiro atoms. The van der Waals surface area contributed by atoms with Crippen LogP contribution in [0.4, 0.5) is 0 Å². The van der Waals surface area contributed by atoms with E-state index in [9.17, 15) is 0 Å². The number of rotatable bonds is 2. The van der Waals surface area contributed by atoms with Crippen molar-refractivity contribution in [2.24, 2.45) is 0 Å². The minimum Gasteiger partial charge on any atom is -0.356 e. The molecule has 2 aromatic rings. The van der Waals surface area contributed by atoms with Gasteiger partial charge < -0.3 is 9.47 Å². The van der Waals surface area contributed by atoms with Crippen LogP contribution in [0, 0.1) is 13.8 Å². The molecule has 1 fully saturated rings. The fraction of sp³-hybridized carbons (Fsp3) is 0.583. The average molecular weight is 248 g/mol. The molecule has 2 unspecified atom stereocenters. The van der Waals surface area contributed by atoms with Gasteiger partial charge in [0.25, 0.3) is 0 Å². The number of nitrogens with zero attached hydrogens (tertiary/aromatic N) is 4. The van der Waals surface area contributed by atoms with Crippen LogP contribution in [0.15, 0.2) is 6.33 Å². The Labute approximate surface area is 105 Å². The minimum absolute atomic E-state index is 0.0475. The van der Waals surface area contributed by atoms with E-state index in [0.717, 1.165) is 35.5 Å². The summed E-state index contributed by atoms with van der Waals surface area (Å²) in [6.45, 7) is 3.83. The Morgan fingerprint density at radius 1 is 1.33 bits per heavy atom. The summed E-state index contributed by atoms with van der Waals surface area (Å²) in [7, 11) is 1.66. The van der Waals surface area contributed by atoms with E-state index in [0.29, 0.717) is 0 Å². The number of hydrogen-bond acceptors (Lipinski definition) is 5. The van der Waals surface area contributed by atoms with Gasteiger partial charge in [0.15, 0.2) is 11.9 Å². The first-order valence-electron chi connectivity index (χ1n) is 6.05. The highest BCUT2D eigenvalue weighted by Crippen LogP contribution is 2.30. The van der Waals surface area contributed by atoms with Crippen molar-refractivity contribution in [2.45, 2.75) is 39.2 Å². The molecule has 0 radical (unpaired) electrons. The van der Waals surface area contributed by atoms with Crippen LogP contribution in [-0.4, -0.2) is 32.9 Å². The third kappa shape index (κ3) is 1.77. The van der Waals surface area contributed by atoms with Crippen molar-refractivity contribution in [1.29, 1.82) is 0 Å². The van der Waals surface area contributed by atoms with Gasteiger partial charge in [0, 0.05) is 13.5 Å². The number of aryl methyl sites for hydroxylation is 2. The maximum absolute atomic E-state index is 5.78. The van der Waals surface area contributed by atoms with Gasteiger partial charge in [-0.25, -0.2) is 15.0 Å². The Hall–Kier alpha value is -1.53. The Balaban J connectivity index is 2.03. The molecule has 1 aliphatic rings. The van der Waals surface area contributed by atoms with Gasteiger partial charge in [-0.2, -0.15) is 0 Å². The van der Waals surface area contributed by atoms with Crippen molar-refractivity contribution < 1.29 is 9.47 Å². The van der Waals surface area contributed by atoms with Crippen LogP contribution >= 0.6 is 0 Å². The summed E-state index contributed by atoms with van der Waals surface area (Å²) in [5.41, 5.74) is 2.57. The second kappa shape index (κ2) is 4.29. The molecule has 0 bridgehead atoms. The minimum atomic E-state index is -0.128. The smallest absolute Gasteiger partial charge is 0.165 e. The summed E-state index contributed by atoms with van der Waals surface area (Å²) in [5.74, 6) is 0.753. The summed E-state index contributed by atoms with van der Waals surface area (Å²) < 4.78 is 13.0. The zero-order valence-electron chi connectivity index (χ0n) is 10.8. The van der Waals surface area contributed by atoms with Crippen molar-refractivity contribution in [3.05, 3.63) is 17.8 Å². The largest absolute Gasteiger partial charge is 0.356 e. The van der Waals surface area contributed by atoms with Crippen LogP contribution in [0.1, 0.15) is 30.6 Å². The number of hydrogen-bond donors (Lipinski definition) is 0. The Morgan fingerprint density at radius 2 is 2.17 bits per heavy atom. The van der Waals surface area contributed by atoms with Crippen molar-refractivity contribution >= 4 is 11.2 Å². The molecular weight excluding hydrogens is 232 g/mol. The predicted molar refractivity (Wildman–Crippen MR) is 65.0 cm³/mol. The Morgan fingerprint density at radius 3 is 2.89 bits per heavy atom. The zero-order valence-corrected chi connectivity index (χ0v) is 10.8. The molecule has 0 amide bonds. The molecule has 0 aromatic carbocycles. The van der Waals surface area contributed by atoms with E-state index >= 15 is 0 Å². The number of aromatic nitrogens is 4. The molecule has 3 heterocycles. The van der Waals surface area contributed by atoms with E-state index in [-0.39, 0.29) is 12.5 Å². The zero-order chi connectivity index (χ0) is 12.7. The van der Waals surface area contributed by atoms with Crippen LogP contribution in [0.2, 0.25) is 0 Å². The average Bonchev–Trinajstić information content (AvgIpc) is 2.93. The van der Waals surface area contributed by atoms with Crippen molar-refractivity contribution in [2.75, 3.05) is 7.11 Å². The summed E-state index contributed by atoms with van der Waals surface area (Å²) in [4.78, 5) is 13.2. The van der Waals surface area contributed by atoms with Crippen molar-refractivity contribution in [3.63, 3.8) is 0 Å². The van der Waals surface area contributed by atoms with E-state index < -0.39 is 0 Å². The monoisotopic (exact) mass is 248 g/mol. The Kier molecular flexibility index (Phi) is 2.76. The van der Waals surface area contributed by atoms with E-state index in [4.69, 9.17) is 9.47 Å². The highest BCUT2D eigenvalue weighted by molar-refractivity contribution is 5.73. The lowest BCUT2D eigenvalue weighted by molar-refractivity contribution is -0.132. The number of fused-ring (bicyclic) bond motifs is 1. The van der Waals surface area contributed by atoms with E-state index in [1.165, 1.54) is 0 Å². The van der Waals surface area contributed by atoms with Crippen LogP contribution in [0.5, 0.6) is 0 Å². The maximum Gasteiger partial charge on any atom is 0.165 e. The summed E-state index contributed by atoms with van der Waals surface area (Å²) in [5, 5.41) is 0. The van der Waals surface area contributed by atoms with Gasteiger partial charge in [-0.05, 0) is 20.3 Å². The van der Waals surface area contributed by atoms with Gasteiger partial charge in [0.2, 0.25) is 0 Å². The van der Waals surface area contributed by atoms with E-state index in [2.05, 4.69) is 15.0 Å². The van der Waals surface area contributed by atoms with Gasteiger partial charge in [0.05, 0.1) is 12.0 Å². The van der Waals surface area contributed by atoms with Crippen LogP contribution in [0.3, 0.4) is 0 Å². The molecule has 6 nitrogen and oxygen atoms in total. The summed E-state index contributed by atoms with van der Waals surface area (Å²) in [6.07, 6.45) is 3.40. The van der Waals surface area contributed by atoms with Crippen LogP contribution < -0.4 is 0 Å². The number of methoxy groups -OCH3 is 1. The fourth-order valence-electron chi connectivity index (χ4n) is 2.37. The van der Waals surface area contributed by atoms with Crippen molar-refractivity contribution in [1.82, 2.24) is 19.5 Å². The van der Waals surface area contributed by atoms with Gasteiger partial charge in [-0.1, -0.05) is 0 Å². The summed E-state index contributed by atoms with van der Waals surface area (Å²) >= 11 is 0. The molecule has 1 aliphatic heterocycles. The molecule has 3 rings (SSSR count). The highest BCUT2D eigenvalue weighted by atomic mass is 16.7. The molecule has 6 heteroatoms. The predicted octanol–water partition coefficient (Wildman–Crippen LogP) is 1.72. The first kappa shape index (κ1) is 11.6. The molecule has 1 saturated heterocycles. The number of ether oxygens (including phenoxy) is 2. The van der Waals surface area contributed by atoms with Gasteiger partial charge in [0.1, 0.15) is 17.6 Å². The standard InChI is InChI=1S/C12H16N4O2/c1-7-11-12(15-8(2)14-7)16(6-13-11)9-4-5-10(17-3)18-9/h6,9-10H,4-5H2,1-3H3. The molecule has 0 aliphatic carbocycles. The molecule has 0 saturated carbocycles. The lowest BCUT2D eigenvalue weighted by Crippen LogP contribution is -2.12. The third-order valence-corrected chi connectivity index (χ3v) is 3.24. The second-order valence-corrected chi connectivity index (χ2v) is 4.51. The third-order valence-electron chi connectivity index (χ3n) is 3.24. The van der Waals surface area contributed by atoms with E-state index in [1.54, 1.807) is 13.4 Å². The SMILES string of the molecule is COC1CCC(n2cnc3c(C)nc(C)nc32)O1.